The summed E-state index contributed by atoms with van der Waals surface area (Å²) < 4.78 is 4.92. The third-order valence-electron chi connectivity index (χ3n) is 2.48. The second-order valence-corrected chi connectivity index (χ2v) is 3.58. The van der Waals surface area contributed by atoms with Crippen molar-refractivity contribution in [2.45, 2.75) is 0 Å². The number of hydrogen-bond donors (Lipinski definition) is 1. The molecule has 2 aromatic carbocycles. The van der Waals surface area contributed by atoms with Gasteiger partial charge >= 0.3 is 0 Å². The minimum atomic E-state index is -0.122. The first kappa shape index (κ1) is 11.2. The Morgan fingerprint density at radius 1 is 1.06 bits per heavy atom. The largest absolute Gasteiger partial charge is 0.504 e. The summed E-state index contributed by atoms with van der Waals surface area (Å²) in [5.41, 5.74) is 1.03. The summed E-state index contributed by atoms with van der Waals surface area (Å²) in [6.07, 6.45) is 0. The van der Waals surface area contributed by atoms with Gasteiger partial charge in [0.05, 0.1) is 7.11 Å². The fourth-order valence-corrected chi connectivity index (χ4v) is 1.59. The van der Waals surface area contributed by atoms with E-state index >= 15 is 0 Å². The van der Waals surface area contributed by atoms with Gasteiger partial charge in [-0.25, -0.2) is 0 Å². The SMILES string of the molecule is COc1ccc(C(=O)c2ccccc2)cc1O. The van der Waals surface area contributed by atoms with Crippen LogP contribution >= 0.6 is 0 Å². The van der Waals surface area contributed by atoms with Crippen molar-refractivity contribution in [3.8, 4) is 11.5 Å². The van der Waals surface area contributed by atoms with Gasteiger partial charge in [0.15, 0.2) is 17.3 Å². The van der Waals surface area contributed by atoms with E-state index < -0.39 is 0 Å². The maximum atomic E-state index is 12.0. The molecule has 1 N–H and O–H groups in total. The Balaban J connectivity index is 2.35. The molecule has 0 aliphatic carbocycles. The summed E-state index contributed by atoms with van der Waals surface area (Å²) in [5, 5.41) is 9.61. The topological polar surface area (TPSA) is 46.5 Å². The minimum Gasteiger partial charge on any atom is -0.504 e. The molecule has 86 valence electrons. The summed E-state index contributed by atoms with van der Waals surface area (Å²) >= 11 is 0. The van der Waals surface area contributed by atoms with Crippen LogP contribution in [0, 0.1) is 0 Å². The number of phenols is 1. The van der Waals surface area contributed by atoms with Crippen molar-refractivity contribution in [3.05, 3.63) is 59.7 Å². The Labute approximate surface area is 99.3 Å². The molecule has 3 nitrogen and oxygen atoms in total. The molecule has 0 aromatic heterocycles. The lowest BCUT2D eigenvalue weighted by Crippen LogP contribution is -2.00. The summed E-state index contributed by atoms with van der Waals surface area (Å²) in [4.78, 5) is 12.0. The van der Waals surface area contributed by atoms with Crippen molar-refractivity contribution in [2.75, 3.05) is 7.11 Å². The maximum absolute atomic E-state index is 12.0. The molecule has 0 saturated heterocycles. The maximum Gasteiger partial charge on any atom is 0.193 e. The number of rotatable bonds is 3. The molecule has 0 atom stereocenters. The van der Waals surface area contributed by atoms with Crippen LogP contribution in [0.3, 0.4) is 0 Å². The van der Waals surface area contributed by atoms with Crippen LogP contribution < -0.4 is 4.74 Å². The molecule has 2 rings (SSSR count). The van der Waals surface area contributed by atoms with E-state index in [9.17, 15) is 9.90 Å². The number of phenolic OH excluding ortho intramolecular Hbond substituents is 1. The monoisotopic (exact) mass is 228 g/mol. The molecule has 0 aliphatic rings. The van der Waals surface area contributed by atoms with Crippen molar-refractivity contribution >= 4 is 5.78 Å². The van der Waals surface area contributed by atoms with Gasteiger partial charge in [0, 0.05) is 11.1 Å². The van der Waals surface area contributed by atoms with Gasteiger partial charge in [0.1, 0.15) is 0 Å². The summed E-state index contributed by atoms with van der Waals surface area (Å²) in [7, 11) is 1.47. The summed E-state index contributed by atoms with van der Waals surface area (Å²) in [6.45, 7) is 0. The van der Waals surface area contributed by atoms with Gasteiger partial charge in [-0.15, -0.1) is 0 Å². The molecule has 0 amide bonds. The second kappa shape index (κ2) is 4.70. The molecule has 3 heteroatoms. The van der Waals surface area contributed by atoms with E-state index in [2.05, 4.69) is 0 Å². The van der Waals surface area contributed by atoms with Crippen LogP contribution in [0.2, 0.25) is 0 Å². The lowest BCUT2D eigenvalue weighted by atomic mass is 10.0. The zero-order valence-corrected chi connectivity index (χ0v) is 9.38. The zero-order valence-electron chi connectivity index (χ0n) is 9.38. The van der Waals surface area contributed by atoms with E-state index in [0.29, 0.717) is 16.9 Å². The van der Waals surface area contributed by atoms with Gasteiger partial charge in [-0.3, -0.25) is 4.79 Å². The van der Waals surface area contributed by atoms with E-state index in [0.717, 1.165) is 0 Å². The van der Waals surface area contributed by atoms with Crippen LogP contribution in [0.4, 0.5) is 0 Å². The van der Waals surface area contributed by atoms with E-state index in [4.69, 9.17) is 4.74 Å². The number of hydrogen-bond acceptors (Lipinski definition) is 3. The van der Waals surface area contributed by atoms with E-state index in [1.807, 2.05) is 6.07 Å². The molecule has 0 fully saturated rings. The highest BCUT2D eigenvalue weighted by molar-refractivity contribution is 6.09. The molecule has 0 bridgehead atoms. The number of ketones is 1. The van der Waals surface area contributed by atoms with Gasteiger partial charge in [-0.05, 0) is 18.2 Å². The fraction of sp³-hybridized carbons (Fsp3) is 0.0714. The second-order valence-electron chi connectivity index (χ2n) is 3.58. The first-order valence-electron chi connectivity index (χ1n) is 5.19. The molecule has 0 radical (unpaired) electrons. The standard InChI is InChI=1S/C14H12O3/c1-17-13-8-7-11(9-12(13)15)14(16)10-5-3-2-4-6-10/h2-9,15H,1H3. The Kier molecular flexibility index (Phi) is 3.10. The van der Waals surface area contributed by atoms with Crippen LogP contribution in [-0.2, 0) is 0 Å². The number of carbonyl (C=O) groups excluding carboxylic acids is 1. The number of aromatic hydroxyl groups is 1. The Bertz CT molecular complexity index is 532. The predicted octanol–water partition coefficient (Wildman–Crippen LogP) is 2.63. The smallest absolute Gasteiger partial charge is 0.193 e. The van der Waals surface area contributed by atoms with Crippen molar-refractivity contribution in [1.82, 2.24) is 0 Å². The molecular weight excluding hydrogens is 216 g/mol. The summed E-state index contributed by atoms with van der Waals surface area (Å²) in [6, 6.07) is 13.6. The number of methoxy groups -OCH3 is 1. The van der Waals surface area contributed by atoms with Crippen molar-refractivity contribution in [1.29, 1.82) is 0 Å². The fourth-order valence-electron chi connectivity index (χ4n) is 1.59. The van der Waals surface area contributed by atoms with Crippen molar-refractivity contribution < 1.29 is 14.6 Å². The molecule has 0 heterocycles. The Morgan fingerprint density at radius 2 is 1.76 bits per heavy atom. The first-order chi connectivity index (χ1) is 8.22. The number of benzene rings is 2. The predicted molar refractivity (Wildman–Crippen MR) is 64.5 cm³/mol. The average molecular weight is 228 g/mol. The molecule has 0 spiro atoms. The van der Waals surface area contributed by atoms with Gasteiger partial charge in [-0.2, -0.15) is 0 Å². The van der Waals surface area contributed by atoms with Crippen LogP contribution in [0.5, 0.6) is 11.5 Å². The highest BCUT2D eigenvalue weighted by Gasteiger charge is 2.11. The molecule has 2 aromatic rings. The van der Waals surface area contributed by atoms with Crippen LogP contribution in [0.25, 0.3) is 0 Å². The number of ether oxygens (including phenoxy) is 1. The van der Waals surface area contributed by atoms with Crippen LogP contribution in [0.1, 0.15) is 15.9 Å². The number of carbonyl (C=O) groups is 1. The highest BCUT2D eigenvalue weighted by atomic mass is 16.5. The lowest BCUT2D eigenvalue weighted by Gasteiger charge is -2.05. The van der Waals surface area contributed by atoms with Crippen molar-refractivity contribution in [2.24, 2.45) is 0 Å². The van der Waals surface area contributed by atoms with Gasteiger partial charge in [0.2, 0.25) is 0 Å². The molecule has 0 unspecified atom stereocenters. The molecule has 17 heavy (non-hydrogen) atoms. The van der Waals surface area contributed by atoms with E-state index in [1.54, 1.807) is 36.4 Å². The van der Waals surface area contributed by atoms with Crippen LogP contribution in [-0.4, -0.2) is 18.0 Å². The quantitative estimate of drug-likeness (QED) is 0.821. The Hall–Kier alpha value is -2.29. The van der Waals surface area contributed by atoms with Crippen molar-refractivity contribution in [3.63, 3.8) is 0 Å². The lowest BCUT2D eigenvalue weighted by molar-refractivity contribution is 0.103. The highest BCUT2D eigenvalue weighted by Crippen LogP contribution is 2.27. The van der Waals surface area contributed by atoms with Gasteiger partial charge in [0.25, 0.3) is 0 Å². The molecular formula is C14H12O3. The van der Waals surface area contributed by atoms with Gasteiger partial charge < -0.3 is 9.84 Å². The third kappa shape index (κ3) is 2.28. The zero-order chi connectivity index (χ0) is 12.3. The van der Waals surface area contributed by atoms with Gasteiger partial charge in [-0.1, -0.05) is 30.3 Å². The Morgan fingerprint density at radius 3 is 2.35 bits per heavy atom. The minimum absolute atomic E-state index is 0.0331. The average Bonchev–Trinajstić information content (AvgIpc) is 2.39. The van der Waals surface area contributed by atoms with E-state index in [1.165, 1.54) is 13.2 Å². The molecule has 0 saturated carbocycles. The summed E-state index contributed by atoms with van der Waals surface area (Å²) in [5.74, 6) is 0.201. The first-order valence-corrected chi connectivity index (χ1v) is 5.19. The van der Waals surface area contributed by atoms with E-state index in [-0.39, 0.29) is 11.5 Å². The molecule has 0 aliphatic heterocycles. The van der Waals surface area contributed by atoms with Crippen LogP contribution in [0.15, 0.2) is 48.5 Å². The normalized spacial score (nSPS) is 9.94. The third-order valence-corrected chi connectivity index (χ3v) is 2.48.